The molecule has 0 saturated carbocycles. The zero-order chi connectivity index (χ0) is 26.8. The number of alkyl halides is 19. The van der Waals surface area contributed by atoms with Gasteiger partial charge in [-0.3, -0.25) is 4.79 Å². The van der Waals surface area contributed by atoms with Crippen LogP contribution in [0.25, 0.3) is 0 Å². The number of hydrogen-bond acceptors (Lipinski definition) is 2. The quantitative estimate of drug-likeness (QED) is 0.293. The lowest BCUT2D eigenvalue weighted by atomic mass is 9.88. The highest BCUT2D eigenvalue weighted by atomic mass is 19.4. The van der Waals surface area contributed by atoms with Gasteiger partial charge in [-0.15, -0.1) is 0 Å². The molecule has 2 nitrogen and oxygen atoms in total. The van der Waals surface area contributed by atoms with E-state index >= 15 is 0 Å². The summed E-state index contributed by atoms with van der Waals surface area (Å²) in [5, 5.41) is 0. The summed E-state index contributed by atoms with van der Waals surface area (Å²) in [6, 6.07) is 0. The van der Waals surface area contributed by atoms with E-state index in [0.29, 0.717) is 0 Å². The second kappa shape index (κ2) is 7.32. The van der Waals surface area contributed by atoms with E-state index in [1.165, 1.54) is 0 Å². The van der Waals surface area contributed by atoms with Gasteiger partial charge < -0.3 is 4.74 Å². The summed E-state index contributed by atoms with van der Waals surface area (Å²) < 4.78 is 246. The molecule has 0 saturated heterocycles. The van der Waals surface area contributed by atoms with Crippen LogP contribution in [0.15, 0.2) is 0 Å². The number of esters is 1. The van der Waals surface area contributed by atoms with Crippen molar-refractivity contribution >= 4 is 5.97 Å². The molecule has 0 aromatic heterocycles. The second-order valence-corrected chi connectivity index (χ2v) is 5.63. The van der Waals surface area contributed by atoms with Gasteiger partial charge in [-0.1, -0.05) is 0 Å². The standard InChI is InChI=1S/C11H3F19O2/c1-2(31)32-9(24,11(28,29)30)7(20,21)5(16,17)3(12,13)4(14,15)6(18,19)8(22,23)10(25,26)27/h1H3. The van der Waals surface area contributed by atoms with Crippen LogP contribution in [-0.4, -0.2) is 59.7 Å². The molecule has 1 atom stereocenters. The molecule has 1 unspecified atom stereocenters. The molecular formula is C11H3F19O2. The van der Waals surface area contributed by atoms with Crippen molar-refractivity contribution in [2.45, 2.75) is 60.7 Å². The molecule has 0 aliphatic carbocycles. The number of halogens is 19. The minimum Gasteiger partial charge on any atom is -0.415 e. The van der Waals surface area contributed by atoms with Crippen molar-refractivity contribution in [1.82, 2.24) is 0 Å². The van der Waals surface area contributed by atoms with Crippen molar-refractivity contribution in [3.8, 4) is 0 Å². The maximum atomic E-state index is 13.6. The van der Waals surface area contributed by atoms with Crippen LogP contribution >= 0.6 is 0 Å². The zero-order valence-corrected chi connectivity index (χ0v) is 14.0. The normalized spacial score (nSPS) is 17.8. The van der Waals surface area contributed by atoms with E-state index in [4.69, 9.17) is 0 Å². The van der Waals surface area contributed by atoms with Gasteiger partial charge in [0.1, 0.15) is 0 Å². The van der Waals surface area contributed by atoms with Crippen LogP contribution in [0.5, 0.6) is 0 Å². The molecule has 0 N–H and O–H groups in total. The summed E-state index contributed by atoms with van der Waals surface area (Å²) in [7, 11) is 0. The predicted molar refractivity (Wildman–Crippen MR) is 57.4 cm³/mol. The number of carbonyl (C=O) groups excluding carboxylic acids is 1. The van der Waals surface area contributed by atoms with E-state index in [2.05, 4.69) is 4.74 Å². The summed E-state index contributed by atoms with van der Waals surface area (Å²) >= 11 is 0. The van der Waals surface area contributed by atoms with Crippen LogP contribution in [0.3, 0.4) is 0 Å². The molecule has 192 valence electrons. The van der Waals surface area contributed by atoms with Gasteiger partial charge in [0.25, 0.3) is 0 Å². The van der Waals surface area contributed by atoms with Gasteiger partial charge in [0.15, 0.2) is 0 Å². The maximum Gasteiger partial charge on any atom is 0.467 e. The maximum absolute atomic E-state index is 13.6. The Kier molecular flexibility index (Phi) is 6.90. The predicted octanol–water partition coefficient (Wildman–Crippen LogP) is 6.15. The van der Waals surface area contributed by atoms with Crippen LogP contribution in [0.4, 0.5) is 83.4 Å². The Morgan fingerprint density at radius 2 is 0.688 bits per heavy atom. The monoisotopic (exact) mass is 528 g/mol. The minimum atomic E-state index is -8.98. The van der Waals surface area contributed by atoms with Crippen molar-refractivity contribution in [3.05, 3.63) is 0 Å². The molecule has 0 heterocycles. The summed E-state index contributed by atoms with van der Waals surface area (Å²) in [5.74, 6) is -63.1. The Bertz CT molecular complexity index is 716. The van der Waals surface area contributed by atoms with Gasteiger partial charge >= 0.3 is 59.7 Å². The summed E-state index contributed by atoms with van der Waals surface area (Å²) in [4.78, 5) is 10.3. The van der Waals surface area contributed by atoms with Crippen LogP contribution < -0.4 is 0 Å². The topological polar surface area (TPSA) is 26.3 Å². The third-order valence-corrected chi connectivity index (χ3v) is 3.38. The Morgan fingerprint density at radius 1 is 0.438 bits per heavy atom. The van der Waals surface area contributed by atoms with Crippen molar-refractivity contribution in [1.29, 1.82) is 0 Å². The summed E-state index contributed by atoms with van der Waals surface area (Å²) in [6.07, 6.45) is -15.6. The third-order valence-electron chi connectivity index (χ3n) is 3.38. The molecule has 0 spiro atoms. The Balaban J connectivity index is 7.06. The fourth-order valence-corrected chi connectivity index (χ4v) is 1.67. The largest absolute Gasteiger partial charge is 0.467 e. The van der Waals surface area contributed by atoms with Crippen molar-refractivity contribution in [2.75, 3.05) is 0 Å². The molecule has 32 heavy (non-hydrogen) atoms. The molecule has 21 heteroatoms. The molecular weight excluding hydrogens is 525 g/mol. The van der Waals surface area contributed by atoms with E-state index < -0.39 is 66.6 Å². The van der Waals surface area contributed by atoms with Gasteiger partial charge in [0, 0.05) is 6.92 Å². The highest BCUT2D eigenvalue weighted by Crippen LogP contribution is 2.65. The molecule has 0 aliphatic heterocycles. The summed E-state index contributed by atoms with van der Waals surface area (Å²) in [6.45, 7) is -0.459. The number of carbonyl (C=O) groups is 1. The van der Waals surface area contributed by atoms with Gasteiger partial charge in [-0.25, -0.2) is 0 Å². The van der Waals surface area contributed by atoms with E-state index in [0.717, 1.165) is 0 Å². The van der Waals surface area contributed by atoms with Crippen molar-refractivity contribution in [3.63, 3.8) is 0 Å². The molecule has 0 fully saturated rings. The zero-order valence-electron chi connectivity index (χ0n) is 14.0. The lowest BCUT2D eigenvalue weighted by Crippen LogP contribution is -2.76. The first-order valence-corrected chi connectivity index (χ1v) is 6.70. The van der Waals surface area contributed by atoms with Gasteiger partial charge in [0.2, 0.25) is 0 Å². The summed E-state index contributed by atoms with van der Waals surface area (Å²) in [5.41, 5.74) is 0. The van der Waals surface area contributed by atoms with Crippen LogP contribution in [0.1, 0.15) is 6.92 Å². The van der Waals surface area contributed by atoms with Crippen LogP contribution in [0.2, 0.25) is 0 Å². The van der Waals surface area contributed by atoms with Crippen LogP contribution in [0, 0.1) is 0 Å². The molecule has 0 aromatic rings. The molecule has 0 bridgehead atoms. The molecule has 0 aliphatic rings. The number of rotatable bonds is 7. The second-order valence-electron chi connectivity index (χ2n) is 5.63. The lowest BCUT2D eigenvalue weighted by molar-refractivity contribution is -0.481. The first-order valence-electron chi connectivity index (χ1n) is 6.70. The van der Waals surface area contributed by atoms with Crippen molar-refractivity contribution in [2.24, 2.45) is 0 Å². The van der Waals surface area contributed by atoms with E-state index in [1.807, 2.05) is 0 Å². The van der Waals surface area contributed by atoms with E-state index in [1.54, 1.807) is 0 Å². The van der Waals surface area contributed by atoms with Crippen molar-refractivity contribution < 1.29 is 92.9 Å². The lowest BCUT2D eigenvalue weighted by Gasteiger charge is -2.44. The van der Waals surface area contributed by atoms with Crippen LogP contribution in [-0.2, 0) is 9.53 Å². The number of ether oxygens (including phenoxy) is 1. The molecule has 0 amide bonds. The first-order chi connectivity index (χ1) is 13.4. The third kappa shape index (κ3) is 3.67. The van der Waals surface area contributed by atoms with Gasteiger partial charge in [-0.2, -0.15) is 83.4 Å². The average molecular weight is 528 g/mol. The van der Waals surface area contributed by atoms with E-state index in [9.17, 15) is 88.2 Å². The van der Waals surface area contributed by atoms with E-state index in [-0.39, 0.29) is 0 Å². The molecule has 0 radical (unpaired) electrons. The fourth-order valence-electron chi connectivity index (χ4n) is 1.67. The van der Waals surface area contributed by atoms with Gasteiger partial charge in [-0.05, 0) is 0 Å². The number of hydrogen-bond donors (Lipinski definition) is 0. The Morgan fingerprint density at radius 3 is 0.906 bits per heavy atom. The minimum absolute atomic E-state index is 0.459. The smallest absolute Gasteiger partial charge is 0.415 e. The highest BCUT2D eigenvalue weighted by molar-refractivity contribution is 5.66. The Hall–Kier alpha value is -1.86. The SMILES string of the molecule is CC(=O)OC(F)(C(F)(F)F)C(F)(F)C(F)(F)C(F)(F)C(F)(F)C(F)(F)C(F)(F)C(F)(F)F. The Labute approximate surface area is 161 Å². The molecule has 0 aromatic carbocycles. The van der Waals surface area contributed by atoms with Gasteiger partial charge in [0.05, 0.1) is 0 Å². The molecule has 0 rings (SSSR count). The average Bonchev–Trinajstić information content (AvgIpc) is 2.50. The highest BCUT2D eigenvalue weighted by Gasteiger charge is 2.97. The first kappa shape index (κ1) is 30.1. The fraction of sp³-hybridized carbons (Fsp3) is 0.909.